The molecule has 0 radical (unpaired) electrons. The van der Waals surface area contributed by atoms with Gasteiger partial charge in [-0.15, -0.1) is 0 Å². The Morgan fingerprint density at radius 2 is 1.86 bits per heavy atom. The maximum atomic E-state index is 11.0. The fourth-order valence-electron chi connectivity index (χ4n) is 1.80. The predicted octanol–water partition coefficient (Wildman–Crippen LogP) is 2.68. The molecule has 0 amide bonds. The lowest BCUT2D eigenvalue weighted by atomic mass is 10.1. The smallest absolute Gasteiger partial charge is 0.311 e. The molecule has 0 atom stereocenters. The number of amidine groups is 1. The van der Waals surface area contributed by atoms with E-state index in [1.165, 1.54) is 19.2 Å². The van der Waals surface area contributed by atoms with E-state index in [2.05, 4.69) is 0 Å². The lowest BCUT2D eigenvalue weighted by molar-refractivity contribution is -0.385. The topological polar surface area (TPSA) is 111 Å². The zero-order chi connectivity index (χ0) is 15.4. The van der Waals surface area contributed by atoms with Crippen LogP contribution in [-0.2, 0) is 0 Å². The van der Waals surface area contributed by atoms with E-state index in [0.717, 1.165) is 0 Å². The first kappa shape index (κ1) is 14.3. The summed E-state index contributed by atoms with van der Waals surface area (Å²) in [4.78, 5) is 10.5. The molecule has 7 nitrogen and oxygen atoms in total. The summed E-state index contributed by atoms with van der Waals surface area (Å²) in [7, 11) is 1.44. The summed E-state index contributed by atoms with van der Waals surface area (Å²) in [6, 6.07) is 10.8. The second kappa shape index (κ2) is 5.91. The number of nitrogen functional groups attached to an aromatic ring is 1. The van der Waals surface area contributed by atoms with E-state index < -0.39 is 4.92 Å². The summed E-state index contributed by atoms with van der Waals surface area (Å²) in [6.07, 6.45) is 0. The molecule has 0 saturated heterocycles. The Balaban J connectivity index is 2.54. The summed E-state index contributed by atoms with van der Waals surface area (Å²) in [5.74, 6) is 0.333. The molecule has 0 aliphatic carbocycles. The van der Waals surface area contributed by atoms with Crippen LogP contribution in [0.2, 0.25) is 0 Å². The van der Waals surface area contributed by atoms with Crippen LogP contribution in [0.15, 0.2) is 42.5 Å². The minimum Gasteiger partial charge on any atom is -0.493 e. The number of para-hydroxylation sites is 3. The summed E-state index contributed by atoms with van der Waals surface area (Å²) < 4.78 is 10.8. The van der Waals surface area contributed by atoms with Crippen LogP contribution in [0.4, 0.5) is 5.69 Å². The van der Waals surface area contributed by atoms with Gasteiger partial charge >= 0.3 is 5.69 Å². The number of nitrogens with one attached hydrogen (secondary N) is 1. The molecule has 7 heteroatoms. The number of methoxy groups -OCH3 is 1. The normalized spacial score (nSPS) is 9.95. The highest BCUT2D eigenvalue weighted by Crippen LogP contribution is 2.38. The van der Waals surface area contributed by atoms with Gasteiger partial charge in [0.15, 0.2) is 11.5 Å². The number of rotatable bonds is 5. The van der Waals surface area contributed by atoms with E-state index in [-0.39, 0.29) is 23.0 Å². The van der Waals surface area contributed by atoms with E-state index in [1.54, 1.807) is 30.3 Å². The largest absolute Gasteiger partial charge is 0.493 e. The second-order valence-corrected chi connectivity index (χ2v) is 4.08. The fourth-order valence-corrected chi connectivity index (χ4v) is 1.80. The molecule has 2 aromatic rings. The van der Waals surface area contributed by atoms with Gasteiger partial charge in [0.05, 0.1) is 17.6 Å². The first-order valence-corrected chi connectivity index (χ1v) is 5.97. The van der Waals surface area contributed by atoms with Gasteiger partial charge in [-0.25, -0.2) is 0 Å². The lowest BCUT2D eigenvalue weighted by Crippen LogP contribution is -2.13. The fraction of sp³-hybridized carbons (Fsp3) is 0.0714. The zero-order valence-corrected chi connectivity index (χ0v) is 11.2. The van der Waals surface area contributed by atoms with Gasteiger partial charge in [-0.05, 0) is 18.2 Å². The zero-order valence-electron chi connectivity index (χ0n) is 11.2. The van der Waals surface area contributed by atoms with Crippen LogP contribution in [-0.4, -0.2) is 17.9 Å². The highest BCUT2D eigenvalue weighted by molar-refractivity contribution is 5.98. The van der Waals surface area contributed by atoms with Gasteiger partial charge in [-0.3, -0.25) is 15.5 Å². The Kier molecular flexibility index (Phi) is 4.03. The third-order valence-electron chi connectivity index (χ3n) is 2.76. The number of hydrogen-bond donors (Lipinski definition) is 2. The lowest BCUT2D eigenvalue weighted by Gasteiger charge is -2.13. The van der Waals surface area contributed by atoms with Crippen LogP contribution in [0.3, 0.4) is 0 Å². The molecular weight excluding hydrogens is 274 g/mol. The average molecular weight is 287 g/mol. The number of nitro groups is 1. The average Bonchev–Trinajstić information content (AvgIpc) is 2.47. The molecule has 3 N–H and O–H groups in total. The Morgan fingerprint density at radius 1 is 1.19 bits per heavy atom. The Labute approximate surface area is 120 Å². The maximum absolute atomic E-state index is 11.0. The molecule has 2 aromatic carbocycles. The van der Waals surface area contributed by atoms with Crippen molar-refractivity contribution in [2.24, 2.45) is 5.73 Å². The van der Waals surface area contributed by atoms with E-state index in [9.17, 15) is 10.1 Å². The van der Waals surface area contributed by atoms with Gasteiger partial charge in [0.1, 0.15) is 5.84 Å². The van der Waals surface area contributed by atoms with Crippen LogP contribution in [0.1, 0.15) is 5.56 Å². The molecule has 2 rings (SSSR count). The summed E-state index contributed by atoms with van der Waals surface area (Å²) in [5, 5.41) is 18.6. The molecule has 0 aliphatic rings. The highest BCUT2D eigenvalue weighted by Gasteiger charge is 2.19. The first-order valence-electron chi connectivity index (χ1n) is 5.97. The second-order valence-electron chi connectivity index (χ2n) is 4.08. The quantitative estimate of drug-likeness (QED) is 0.380. The third kappa shape index (κ3) is 2.92. The van der Waals surface area contributed by atoms with Crippen LogP contribution >= 0.6 is 0 Å². The van der Waals surface area contributed by atoms with Crippen LogP contribution in [0, 0.1) is 15.5 Å². The van der Waals surface area contributed by atoms with Gasteiger partial charge in [0.25, 0.3) is 0 Å². The number of ether oxygens (including phenoxy) is 2. The molecule has 0 saturated carbocycles. The minimum atomic E-state index is -0.543. The predicted molar refractivity (Wildman–Crippen MR) is 77.2 cm³/mol. The molecule has 0 unspecified atom stereocenters. The van der Waals surface area contributed by atoms with Crippen LogP contribution < -0.4 is 15.2 Å². The number of nitrogens with zero attached hydrogens (tertiary/aromatic N) is 1. The third-order valence-corrected chi connectivity index (χ3v) is 2.76. The van der Waals surface area contributed by atoms with Crippen molar-refractivity contribution in [3.63, 3.8) is 0 Å². The van der Waals surface area contributed by atoms with Crippen molar-refractivity contribution in [2.75, 3.05) is 7.11 Å². The van der Waals surface area contributed by atoms with E-state index in [0.29, 0.717) is 11.3 Å². The standard InChI is InChI=1S/C14H13N3O4/c1-20-12-8-4-5-9(14(15)16)13(12)21-11-7-3-2-6-10(11)17(18)19/h2-8H,1H3,(H3,15,16). The molecule has 21 heavy (non-hydrogen) atoms. The summed E-state index contributed by atoms with van der Waals surface area (Å²) in [5.41, 5.74) is 5.62. The van der Waals surface area contributed by atoms with Crippen molar-refractivity contribution in [1.82, 2.24) is 0 Å². The van der Waals surface area contributed by atoms with Gasteiger partial charge in [-0.1, -0.05) is 18.2 Å². The molecule has 0 bridgehead atoms. The van der Waals surface area contributed by atoms with Gasteiger partial charge in [-0.2, -0.15) is 0 Å². The highest BCUT2D eigenvalue weighted by atomic mass is 16.6. The van der Waals surface area contributed by atoms with E-state index >= 15 is 0 Å². The molecule has 0 heterocycles. The van der Waals surface area contributed by atoms with Gasteiger partial charge < -0.3 is 15.2 Å². The molecule has 0 aliphatic heterocycles. The van der Waals surface area contributed by atoms with Crippen molar-refractivity contribution in [1.29, 1.82) is 5.41 Å². The Bertz CT molecular complexity index is 700. The Morgan fingerprint density at radius 3 is 2.48 bits per heavy atom. The number of nitrogens with two attached hydrogens (primary N) is 1. The van der Waals surface area contributed by atoms with Crippen molar-refractivity contribution < 1.29 is 14.4 Å². The van der Waals surface area contributed by atoms with Gasteiger partial charge in [0.2, 0.25) is 5.75 Å². The van der Waals surface area contributed by atoms with Crippen molar-refractivity contribution in [2.45, 2.75) is 0 Å². The van der Waals surface area contributed by atoms with Crippen molar-refractivity contribution in [3.8, 4) is 17.2 Å². The van der Waals surface area contributed by atoms with Crippen LogP contribution in [0.5, 0.6) is 17.2 Å². The first-order chi connectivity index (χ1) is 10.0. The van der Waals surface area contributed by atoms with Crippen molar-refractivity contribution in [3.05, 3.63) is 58.1 Å². The summed E-state index contributed by atoms with van der Waals surface area (Å²) in [6.45, 7) is 0. The number of nitro benzene ring substituents is 1. The molecule has 0 fully saturated rings. The number of benzene rings is 2. The Hall–Kier alpha value is -3.09. The monoisotopic (exact) mass is 287 g/mol. The SMILES string of the molecule is COc1cccc(C(=N)N)c1Oc1ccccc1[N+](=O)[O-]. The summed E-state index contributed by atoms with van der Waals surface area (Å²) >= 11 is 0. The maximum Gasteiger partial charge on any atom is 0.311 e. The van der Waals surface area contributed by atoms with Crippen LogP contribution in [0.25, 0.3) is 0 Å². The van der Waals surface area contributed by atoms with Crippen molar-refractivity contribution >= 4 is 11.5 Å². The number of hydrogen-bond acceptors (Lipinski definition) is 5. The molecule has 0 spiro atoms. The van der Waals surface area contributed by atoms with E-state index in [1.807, 2.05) is 0 Å². The minimum absolute atomic E-state index is 0.0505. The van der Waals surface area contributed by atoms with Gasteiger partial charge in [0, 0.05) is 6.07 Å². The molecule has 108 valence electrons. The molecular formula is C14H13N3O4. The van der Waals surface area contributed by atoms with E-state index in [4.69, 9.17) is 20.6 Å². The molecule has 0 aromatic heterocycles.